The van der Waals surface area contributed by atoms with Crippen LogP contribution in [0.3, 0.4) is 0 Å². The lowest BCUT2D eigenvalue weighted by Crippen LogP contribution is -2.63. The van der Waals surface area contributed by atoms with Gasteiger partial charge in [-0.15, -0.1) is 23.5 Å². The van der Waals surface area contributed by atoms with Gasteiger partial charge in [0.2, 0.25) is 23.5 Å². The molecule has 2 aromatic rings. The standard InChI is InChI=1S/C35H53NO5S.C32H47NO3S.C29H43NO3.C4H6O3.C3H8S.CH4O/c1-11-42-29-19-26-22(3)13-14-34(9,17-16-33(7,8)32(36)39)20-21(2)12-15-35(26,10)27-18-28(40-24(5)37)31(41-25(6)38)23(4)30(27)29;1-18(2)37-22-16-23-30(6,20-15-21(34)26(35)19(3)25(20)22)12-14-32(8)24-17-29(5,27(33)36)10-9-28(24,4)11-13-31(23,32)7;1-10-28(8)23-12-11-19-18(4)24(32)22(31)15-20(19)27(23,7)13-14-29(28,9)21(17(2)3)16-26(5,6)25(30)33;1-3(5)7-4(2)6;1-3(2)4;1-2/h18-19,21-22,29H,11-17,20H2,1-10H3,(H2,36,39);15-16,18,22,24,34-35H,9-14,17H2,1-8H3,(H2,33,36);11-12,15,17,21,32H,10,13-14,16H2,1-9H3,(H2,30,33);1-2H3;3-4H,1-2H3;2H,1H3/t21-,22+,29?,34+,35-;22?,24-,28-,29-,30+,31-,32+;21-,27+,28-,29+;;;/m111.../s1. The van der Waals surface area contributed by atoms with Crippen LogP contribution < -0.4 is 26.7 Å². The van der Waals surface area contributed by atoms with Crippen molar-refractivity contribution in [2.75, 3.05) is 12.9 Å². The predicted octanol–water partition coefficient (Wildman–Crippen LogP) is 23.7. The number of benzene rings is 2. The van der Waals surface area contributed by atoms with Gasteiger partial charge in [0.15, 0.2) is 28.8 Å². The fourth-order valence-electron chi connectivity index (χ4n) is 23.9. The van der Waals surface area contributed by atoms with Crippen molar-refractivity contribution < 1.29 is 73.0 Å². The molecule has 0 aliphatic heterocycles. The van der Waals surface area contributed by atoms with Gasteiger partial charge >= 0.3 is 23.9 Å². The van der Waals surface area contributed by atoms with E-state index in [2.05, 4.69) is 166 Å². The van der Waals surface area contributed by atoms with Crippen molar-refractivity contribution in [3.05, 3.63) is 115 Å². The Hall–Kier alpha value is -6.55. The Bertz CT molecular complexity index is 4580. The number of rotatable bonds is 17. The molecule has 0 spiro atoms. The van der Waals surface area contributed by atoms with E-state index in [1.807, 2.05) is 98.0 Å². The lowest BCUT2D eigenvalue weighted by atomic mass is 9.34. The van der Waals surface area contributed by atoms with Gasteiger partial charge in [-0.1, -0.05) is 207 Å². The summed E-state index contributed by atoms with van der Waals surface area (Å²) in [5, 5.41) is 39.9. The molecule has 9 aliphatic carbocycles. The quantitative estimate of drug-likeness (QED) is 0.0182. The number of thiol groups is 1. The van der Waals surface area contributed by atoms with Crippen LogP contribution in [0.4, 0.5) is 0 Å². The van der Waals surface area contributed by atoms with Crippen molar-refractivity contribution in [2.45, 2.75) is 362 Å². The number of thioether (sulfide) groups is 2. The van der Waals surface area contributed by atoms with E-state index < -0.39 is 40.1 Å². The topological polar surface area (TPSA) is 323 Å². The zero-order valence-corrected chi connectivity index (χ0v) is 85.0. The highest BCUT2D eigenvalue weighted by atomic mass is 32.2. The van der Waals surface area contributed by atoms with Crippen LogP contribution in [0.2, 0.25) is 0 Å². The highest BCUT2D eigenvalue weighted by Crippen LogP contribution is 2.76. The number of ether oxygens (including phenoxy) is 3. The van der Waals surface area contributed by atoms with Gasteiger partial charge in [-0.3, -0.25) is 38.4 Å². The van der Waals surface area contributed by atoms with Crippen LogP contribution in [-0.2, 0) is 53.9 Å². The maximum atomic E-state index is 12.6. The van der Waals surface area contributed by atoms with E-state index in [0.29, 0.717) is 57.2 Å². The number of allylic oxidation sites excluding steroid dienone is 9. The Morgan fingerprint density at radius 1 is 0.632 bits per heavy atom. The van der Waals surface area contributed by atoms with Gasteiger partial charge in [0, 0.05) is 88.9 Å². The second-order valence-corrected chi connectivity index (χ2v) is 47.2. The summed E-state index contributed by atoms with van der Waals surface area (Å²) in [6, 6.07) is 3.85. The maximum absolute atomic E-state index is 12.6. The first kappa shape index (κ1) is 107. The maximum Gasteiger partial charge on any atom is 0.310 e. The number of phenols is 2. The molecule has 10 N–H and O–H groups in total. The Kier molecular flexibility index (Phi) is 34.7. The number of aromatic hydroxyl groups is 2. The number of amides is 3. The molecular weight excluding hydrogens is 1630 g/mol. The fraction of sp³-hybridized carbons (Fsp3) is 0.692. The van der Waals surface area contributed by atoms with Gasteiger partial charge in [-0.05, 0) is 272 Å². The van der Waals surface area contributed by atoms with Gasteiger partial charge < -0.3 is 51.8 Å². The molecule has 125 heavy (non-hydrogen) atoms. The average molecular weight is 1790 g/mol. The van der Waals surface area contributed by atoms with Crippen molar-refractivity contribution in [1.29, 1.82) is 0 Å². The number of primary amides is 3. The van der Waals surface area contributed by atoms with E-state index in [1.165, 1.54) is 73.1 Å². The number of carbonyl (C=O) groups excluding carboxylic acids is 8. The summed E-state index contributed by atoms with van der Waals surface area (Å²) in [5.74, 6) is 0.558. The number of esters is 4. The van der Waals surface area contributed by atoms with Crippen LogP contribution >= 0.6 is 36.2 Å². The van der Waals surface area contributed by atoms with E-state index >= 15 is 0 Å². The lowest BCUT2D eigenvalue weighted by Gasteiger charge is -2.70. The van der Waals surface area contributed by atoms with Crippen molar-refractivity contribution in [3.63, 3.8) is 0 Å². The summed E-state index contributed by atoms with van der Waals surface area (Å²) in [4.78, 5) is 93.4. The number of carbonyl (C=O) groups is 8. The molecule has 0 heterocycles. The molecule has 2 aromatic carbocycles. The van der Waals surface area contributed by atoms with Gasteiger partial charge in [0.25, 0.3) is 0 Å². The molecule has 2 unspecified atom stereocenters. The highest BCUT2D eigenvalue weighted by Gasteiger charge is 2.68. The number of aliphatic hydroxyl groups excluding tert-OH is 2. The third-order valence-electron chi connectivity index (χ3n) is 32.2. The van der Waals surface area contributed by atoms with Crippen molar-refractivity contribution >= 4 is 83.5 Å². The Morgan fingerprint density at radius 3 is 1.70 bits per heavy atom. The molecule has 700 valence electrons. The number of ketones is 1. The minimum absolute atomic E-state index is 0.00812. The van der Waals surface area contributed by atoms with Crippen LogP contribution in [0.5, 0.6) is 23.0 Å². The molecule has 3 amide bonds. The average Bonchev–Trinajstić information content (AvgIpc) is 0.679. The number of aliphatic hydroxyl groups is 2. The normalized spacial score (nSPS) is 31.6. The van der Waals surface area contributed by atoms with Gasteiger partial charge in [0.1, 0.15) is 0 Å². The molecule has 18 nitrogen and oxygen atoms in total. The first-order valence-electron chi connectivity index (χ1n) is 46.0. The summed E-state index contributed by atoms with van der Waals surface area (Å²) >= 11 is 7.78. The summed E-state index contributed by atoms with van der Waals surface area (Å²) < 4.78 is 15.3. The van der Waals surface area contributed by atoms with Crippen molar-refractivity contribution in [1.82, 2.24) is 0 Å². The van der Waals surface area contributed by atoms with Gasteiger partial charge in [0.05, 0.1) is 0 Å². The van der Waals surface area contributed by atoms with E-state index in [1.54, 1.807) is 6.08 Å². The summed E-state index contributed by atoms with van der Waals surface area (Å²) in [6.07, 6.45) is 29.0. The SMILES string of the molecule is CC(=O)OC(C)=O.CC(C)S.CCSC1C=C2[C@@H](C)CC[C@@](C)(CCC(C)(C)C(N)=O)C[C@H](C)CC[C@@]2(C)c2cc(OC(C)=O)c(OC(C)=O)c(C)c21.CC[C@]1(C)C2=CC=C3C(=CC(=O)C(O)=C3C)[C@]2(C)CC[C@@]1(C)[C@H](CC(C)(C)C(N)=O)C(C)C.CO.Cc1c(O)c(O)cc2c1C(SC(C)C)C=C1[C@@]2(C)CC[C@@]2(C)[C@@H]3C[C@](C)(C(N)=O)CC[C@]3(C)CC[C@]12C. The Morgan fingerprint density at radius 2 is 1.18 bits per heavy atom. The number of hydrogen-bond acceptors (Lipinski definition) is 18. The molecule has 5 fully saturated rings. The van der Waals surface area contributed by atoms with Crippen LogP contribution in [0.1, 0.15) is 360 Å². The zero-order chi connectivity index (χ0) is 95.6. The number of nitrogens with two attached hydrogens (primary N) is 3. The minimum Gasteiger partial charge on any atom is -0.504 e. The van der Waals surface area contributed by atoms with E-state index in [-0.39, 0.29) is 100.0 Å². The molecular formula is C104H161N3O15S3. The molecule has 0 radical (unpaired) electrons. The molecule has 0 bridgehead atoms. The highest BCUT2D eigenvalue weighted by molar-refractivity contribution is 8.00. The Labute approximate surface area is 765 Å². The van der Waals surface area contributed by atoms with Gasteiger partial charge in [-0.25, -0.2) is 0 Å². The lowest BCUT2D eigenvalue weighted by molar-refractivity contribution is -0.166. The molecule has 11 rings (SSSR count). The number of fused-ring (bicyclic) bond motifs is 13. The zero-order valence-electron chi connectivity index (χ0n) is 82.4. The Balaban J connectivity index is 0.000000271. The first-order chi connectivity index (χ1) is 57.4. The van der Waals surface area contributed by atoms with Crippen molar-refractivity contribution in [3.8, 4) is 23.0 Å². The largest absolute Gasteiger partial charge is 0.504 e. The molecule has 21 heteroatoms. The van der Waals surface area contributed by atoms with Crippen LogP contribution in [0, 0.1) is 97.6 Å². The second kappa shape index (κ2) is 40.4. The van der Waals surface area contributed by atoms with Crippen LogP contribution in [0.25, 0.3) is 0 Å². The van der Waals surface area contributed by atoms with Crippen LogP contribution in [0.15, 0.2) is 81.7 Å². The smallest absolute Gasteiger partial charge is 0.310 e. The third kappa shape index (κ3) is 21.7. The summed E-state index contributed by atoms with van der Waals surface area (Å²) in [5.41, 5.74) is 29.0. The van der Waals surface area contributed by atoms with Crippen molar-refractivity contribution in [2.24, 2.45) is 101 Å². The molecule has 16 atom stereocenters. The summed E-state index contributed by atoms with van der Waals surface area (Å²) in [7, 11) is 1.00. The molecule has 0 saturated heterocycles. The van der Waals surface area contributed by atoms with E-state index in [4.69, 9.17) is 31.8 Å². The molecule has 5 saturated carbocycles. The third-order valence-corrected chi connectivity index (χ3v) is 34.5. The minimum atomic E-state index is -0.570. The fourth-order valence-corrected chi connectivity index (χ4v) is 26.2. The number of hydrogen-bond donors (Lipinski definition) is 8. The molecule has 0 aromatic heterocycles. The van der Waals surface area contributed by atoms with Gasteiger partial charge in [-0.2, -0.15) is 12.6 Å². The van der Waals surface area contributed by atoms with Crippen LogP contribution in [-0.4, -0.2) is 91.2 Å². The monoisotopic (exact) mass is 1790 g/mol. The molecule has 9 aliphatic rings. The first-order valence-corrected chi connectivity index (χ1v) is 48.5. The predicted molar refractivity (Wildman–Crippen MR) is 514 cm³/mol. The second-order valence-electron chi connectivity index (χ2n) is 43.1. The number of phenolic OH excluding ortho intramolecular Hbond substituents is 2. The van der Waals surface area contributed by atoms with E-state index in [9.17, 15) is 53.7 Å². The van der Waals surface area contributed by atoms with E-state index in [0.717, 1.165) is 144 Å². The summed E-state index contributed by atoms with van der Waals surface area (Å²) in [6.45, 7) is 64.8.